The Kier molecular flexibility index (Phi) is 7.66. The zero-order chi connectivity index (χ0) is 17.5. The topological polar surface area (TPSA) is 88.1 Å². The summed E-state index contributed by atoms with van der Waals surface area (Å²) in [6.45, 7) is 3.49. The predicted molar refractivity (Wildman–Crippen MR) is 84.2 cm³/mol. The van der Waals surface area contributed by atoms with Crippen LogP contribution in [0, 0.1) is 0 Å². The number of unbranched alkanes of at least 4 members (excludes halogenated alkanes) is 1. The molecule has 0 unspecified atom stereocenters. The standard InChI is InChI=1S/C15H26O7S/c1-15(2)21-12(13(22-15)11-20-23(4,17)18)9-7-5-6-8-10-14(16)19-3/h5,7,12-13H,6,8-11H2,1-4H3/b7-5-/t12-,13-/m1/s1. The van der Waals surface area contributed by atoms with Crippen molar-refractivity contribution in [3.05, 3.63) is 12.2 Å². The van der Waals surface area contributed by atoms with E-state index in [1.54, 1.807) is 13.8 Å². The zero-order valence-electron chi connectivity index (χ0n) is 14.1. The summed E-state index contributed by atoms with van der Waals surface area (Å²) in [5.41, 5.74) is 0. The second kappa shape index (κ2) is 8.77. The van der Waals surface area contributed by atoms with Crippen LogP contribution >= 0.6 is 0 Å². The van der Waals surface area contributed by atoms with Crippen molar-refractivity contribution in [2.24, 2.45) is 0 Å². The number of carbonyl (C=O) groups is 1. The Bertz CT molecular complexity index is 510. The van der Waals surface area contributed by atoms with E-state index in [-0.39, 0.29) is 18.7 Å². The molecule has 0 radical (unpaired) electrons. The molecule has 0 amide bonds. The lowest BCUT2D eigenvalue weighted by Gasteiger charge is -2.16. The molecule has 8 heteroatoms. The summed E-state index contributed by atoms with van der Waals surface area (Å²) in [6.07, 6.45) is 6.65. The number of esters is 1. The minimum absolute atomic E-state index is 0.0664. The highest BCUT2D eigenvalue weighted by atomic mass is 32.2. The normalized spacial score (nSPS) is 24.2. The Morgan fingerprint density at radius 3 is 2.48 bits per heavy atom. The van der Waals surface area contributed by atoms with Crippen molar-refractivity contribution in [2.75, 3.05) is 20.0 Å². The number of methoxy groups -OCH3 is 1. The second-order valence-corrected chi connectivity index (χ2v) is 7.52. The van der Waals surface area contributed by atoms with Gasteiger partial charge in [-0.2, -0.15) is 8.42 Å². The van der Waals surface area contributed by atoms with Crippen LogP contribution in [-0.4, -0.2) is 52.4 Å². The summed E-state index contributed by atoms with van der Waals surface area (Å²) in [5.74, 6) is -0.986. The lowest BCUT2D eigenvalue weighted by molar-refractivity contribution is -0.148. The van der Waals surface area contributed by atoms with Crippen LogP contribution in [0.25, 0.3) is 0 Å². The molecular formula is C15H26O7S. The van der Waals surface area contributed by atoms with Crippen molar-refractivity contribution in [1.82, 2.24) is 0 Å². The first-order valence-corrected chi connectivity index (χ1v) is 9.36. The van der Waals surface area contributed by atoms with E-state index in [0.717, 1.165) is 19.1 Å². The summed E-state index contributed by atoms with van der Waals surface area (Å²) < 4.78 is 43.0. The fourth-order valence-corrected chi connectivity index (χ4v) is 2.64. The SMILES string of the molecule is COC(=O)CCC/C=C\C[C@H]1OC(C)(C)O[C@@H]1COS(C)(=O)=O. The van der Waals surface area contributed by atoms with Gasteiger partial charge >= 0.3 is 5.97 Å². The van der Waals surface area contributed by atoms with E-state index in [1.807, 2.05) is 12.2 Å². The molecule has 0 aromatic heterocycles. The Morgan fingerprint density at radius 1 is 1.22 bits per heavy atom. The highest BCUT2D eigenvalue weighted by Gasteiger charge is 2.41. The monoisotopic (exact) mass is 350 g/mol. The number of carbonyl (C=O) groups excluding carboxylic acids is 1. The van der Waals surface area contributed by atoms with E-state index < -0.39 is 22.0 Å². The highest BCUT2D eigenvalue weighted by molar-refractivity contribution is 7.85. The lowest BCUT2D eigenvalue weighted by atomic mass is 10.1. The van der Waals surface area contributed by atoms with Crippen molar-refractivity contribution >= 4 is 16.1 Å². The van der Waals surface area contributed by atoms with Crippen LogP contribution in [0.2, 0.25) is 0 Å². The first-order valence-electron chi connectivity index (χ1n) is 7.55. The summed E-state index contributed by atoms with van der Waals surface area (Å²) in [7, 11) is -2.14. The molecule has 1 aliphatic rings. The van der Waals surface area contributed by atoms with Crippen LogP contribution in [0.3, 0.4) is 0 Å². The van der Waals surface area contributed by atoms with Crippen LogP contribution in [-0.2, 0) is 33.3 Å². The second-order valence-electron chi connectivity index (χ2n) is 5.88. The lowest BCUT2D eigenvalue weighted by Crippen LogP contribution is -2.28. The van der Waals surface area contributed by atoms with E-state index in [1.165, 1.54) is 7.11 Å². The van der Waals surface area contributed by atoms with Gasteiger partial charge in [0.2, 0.25) is 0 Å². The average Bonchev–Trinajstić information content (AvgIpc) is 2.73. The van der Waals surface area contributed by atoms with Crippen LogP contribution in [0.4, 0.5) is 0 Å². The molecule has 0 aromatic rings. The fraction of sp³-hybridized carbons (Fsp3) is 0.800. The molecule has 1 saturated heterocycles. The maximum Gasteiger partial charge on any atom is 0.305 e. The largest absolute Gasteiger partial charge is 0.469 e. The van der Waals surface area contributed by atoms with Crippen LogP contribution in [0.5, 0.6) is 0 Å². The Labute approximate surface area is 138 Å². The van der Waals surface area contributed by atoms with Gasteiger partial charge in [0, 0.05) is 6.42 Å². The Balaban J connectivity index is 2.41. The van der Waals surface area contributed by atoms with Crippen molar-refractivity contribution in [1.29, 1.82) is 0 Å². The van der Waals surface area contributed by atoms with Crippen molar-refractivity contribution in [3.63, 3.8) is 0 Å². The third-order valence-corrected chi connectivity index (χ3v) is 3.81. The number of hydrogen-bond acceptors (Lipinski definition) is 7. The van der Waals surface area contributed by atoms with Crippen LogP contribution < -0.4 is 0 Å². The molecule has 1 aliphatic heterocycles. The number of allylic oxidation sites excluding steroid dienone is 1. The van der Waals surface area contributed by atoms with Gasteiger partial charge in [-0.05, 0) is 33.1 Å². The summed E-state index contributed by atoms with van der Waals surface area (Å²) >= 11 is 0. The van der Waals surface area contributed by atoms with Gasteiger partial charge in [0.25, 0.3) is 10.1 Å². The van der Waals surface area contributed by atoms with Crippen molar-refractivity contribution < 1.29 is 31.6 Å². The first kappa shape index (κ1) is 20.1. The van der Waals surface area contributed by atoms with Crippen molar-refractivity contribution in [2.45, 2.75) is 57.5 Å². The Morgan fingerprint density at radius 2 is 1.87 bits per heavy atom. The summed E-state index contributed by atoms with van der Waals surface area (Å²) in [6, 6.07) is 0. The maximum atomic E-state index is 11.1. The van der Waals surface area contributed by atoms with E-state index in [9.17, 15) is 13.2 Å². The smallest absolute Gasteiger partial charge is 0.305 e. The average molecular weight is 350 g/mol. The molecule has 0 aromatic carbocycles. The number of ether oxygens (including phenoxy) is 3. The quantitative estimate of drug-likeness (QED) is 0.271. The van der Waals surface area contributed by atoms with E-state index in [4.69, 9.17) is 13.7 Å². The number of hydrogen-bond donors (Lipinski definition) is 0. The van der Waals surface area contributed by atoms with Gasteiger partial charge in [0.15, 0.2) is 5.79 Å². The molecule has 0 N–H and O–H groups in total. The van der Waals surface area contributed by atoms with Crippen molar-refractivity contribution in [3.8, 4) is 0 Å². The molecule has 1 rings (SSSR count). The maximum absolute atomic E-state index is 11.1. The molecule has 0 saturated carbocycles. The van der Waals surface area contributed by atoms with Gasteiger partial charge < -0.3 is 14.2 Å². The first-order chi connectivity index (χ1) is 10.6. The molecule has 0 bridgehead atoms. The van der Waals surface area contributed by atoms with Gasteiger partial charge in [0.1, 0.15) is 6.10 Å². The molecule has 1 fully saturated rings. The third-order valence-electron chi connectivity index (χ3n) is 3.25. The van der Waals surface area contributed by atoms with E-state index >= 15 is 0 Å². The van der Waals surface area contributed by atoms with E-state index in [0.29, 0.717) is 12.8 Å². The minimum Gasteiger partial charge on any atom is -0.469 e. The van der Waals surface area contributed by atoms with Gasteiger partial charge in [-0.15, -0.1) is 0 Å². The third kappa shape index (κ3) is 8.45. The molecule has 0 aliphatic carbocycles. The molecule has 23 heavy (non-hydrogen) atoms. The minimum atomic E-state index is -3.51. The van der Waals surface area contributed by atoms with Crippen LogP contribution in [0.1, 0.15) is 39.5 Å². The predicted octanol–water partition coefficient (Wildman–Crippen LogP) is 1.77. The zero-order valence-corrected chi connectivity index (χ0v) is 14.9. The summed E-state index contributed by atoms with van der Waals surface area (Å²) in [5, 5.41) is 0. The van der Waals surface area contributed by atoms with Gasteiger partial charge in [-0.25, -0.2) is 0 Å². The Hall–Kier alpha value is -0.960. The van der Waals surface area contributed by atoms with Gasteiger partial charge in [-0.3, -0.25) is 8.98 Å². The molecule has 7 nitrogen and oxygen atoms in total. The van der Waals surface area contributed by atoms with Crippen LogP contribution in [0.15, 0.2) is 12.2 Å². The number of rotatable bonds is 9. The molecule has 134 valence electrons. The molecule has 1 heterocycles. The van der Waals surface area contributed by atoms with E-state index in [2.05, 4.69) is 4.74 Å². The van der Waals surface area contributed by atoms with Gasteiger partial charge in [-0.1, -0.05) is 12.2 Å². The highest BCUT2D eigenvalue weighted by Crippen LogP contribution is 2.30. The summed E-state index contributed by atoms with van der Waals surface area (Å²) in [4.78, 5) is 11.0. The fourth-order valence-electron chi connectivity index (χ4n) is 2.26. The molecule has 2 atom stereocenters. The van der Waals surface area contributed by atoms with Gasteiger partial charge in [0.05, 0.1) is 26.1 Å². The molecular weight excluding hydrogens is 324 g/mol. The molecule has 0 spiro atoms.